The maximum absolute atomic E-state index is 13.0. The van der Waals surface area contributed by atoms with Crippen LogP contribution < -0.4 is 19.7 Å². The summed E-state index contributed by atoms with van der Waals surface area (Å²) in [5.41, 5.74) is 1.76. The molecule has 0 amide bonds. The Kier molecular flexibility index (Phi) is 4.76. The maximum Gasteiger partial charge on any atom is 0.416 e. The zero-order valence-corrected chi connectivity index (χ0v) is 16.3. The van der Waals surface area contributed by atoms with Gasteiger partial charge in [-0.25, -0.2) is 15.0 Å². The number of pyridine rings is 1. The van der Waals surface area contributed by atoms with Crippen molar-refractivity contribution in [3.05, 3.63) is 59.7 Å². The van der Waals surface area contributed by atoms with Crippen LogP contribution in [0, 0.1) is 0 Å². The van der Waals surface area contributed by atoms with Crippen LogP contribution in [-0.2, 0) is 19.1 Å². The molecule has 0 saturated carbocycles. The monoisotopic (exact) mass is 429 g/mol. The second-order valence-corrected chi connectivity index (χ2v) is 7.20. The molecule has 0 unspecified atom stereocenters. The molecule has 1 aromatic carbocycles. The lowest BCUT2D eigenvalue weighted by Crippen LogP contribution is -2.32. The molecular formula is C21H18F3N5O2. The molecule has 0 aliphatic carbocycles. The predicted octanol–water partition coefficient (Wildman–Crippen LogP) is 3.97. The van der Waals surface area contributed by atoms with E-state index in [1.165, 1.54) is 12.5 Å². The van der Waals surface area contributed by atoms with E-state index in [-0.39, 0.29) is 5.82 Å². The van der Waals surface area contributed by atoms with Crippen LogP contribution in [0.25, 0.3) is 0 Å². The number of rotatable bonds is 3. The minimum Gasteiger partial charge on any atom is -0.486 e. The summed E-state index contributed by atoms with van der Waals surface area (Å²) < 4.78 is 50.3. The Morgan fingerprint density at radius 3 is 2.65 bits per heavy atom. The molecule has 0 radical (unpaired) electrons. The zero-order valence-electron chi connectivity index (χ0n) is 16.3. The van der Waals surface area contributed by atoms with E-state index in [0.29, 0.717) is 50.0 Å². The lowest BCUT2D eigenvalue weighted by atomic mass is 10.0. The first-order chi connectivity index (χ1) is 15.0. The maximum atomic E-state index is 13.0. The van der Waals surface area contributed by atoms with E-state index in [9.17, 15) is 13.2 Å². The van der Waals surface area contributed by atoms with Crippen molar-refractivity contribution in [2.45, 2.75) is 19.1 Å². The molecule has 0 spiro atoms. The molecule has 0 saturated heterocycles. The second kappa shape index (κ2) is 7.60. The zero-order chi connectivity index (χ0) is 21.4. The molecule has 0 atom stereocenters. The van der Waals surface area contributed by atoms with Crippen LogP contribution in [0.15, 0.2) is 42.9 Å². The molecule has 1 N–H and O–H groups in total. The summed E-state index contributed by atoms with van der Waals surface area (Å²) >= 11 is 0. The molecule has 2 aliphatic heterocycles. The summed E-state index contributed by atoms with van der Waals surface area (Å²) in [6.45, 7) is 1.88. The minimum atomic E-state index is -4.41. The standard InChI is InChI=1S/C21H18F3N5O2/c22-21(23,24)13-3-5-25-19(9-13)29-6-4-15-16(11-29)26-12-27-20(15)28-14-1-2-17-18(10-14)31-8-7-30-17/h1-3,5,9-10,12H,4,6-8,11H2,(H,26,27,28). The number of nitrogens with zero attached hydrogens (tertiary/aromatic N) is 4. The molecule has 4 heterocycles. The number of halogens is 3. The van der Waals surface area contributed by atoms with Gasteiger partial charge in [-0.05, 0) is 30.7 Å². The number of ether oxygens (including phenoxy) is 2. The van der Waals surface area contributed by atoms with Gasteiger partial charge >= 0.3 is 6.18 Å². The molecule has 2 aromatic heterocycles. The van der Waals surface area contributed by atoms with E-state index in [1.54, 1.807) is 4.90 Å². The normalized spacial score (nSPS) is 15.4. The van der Waals surface area contributed by atoms with Crippen LogP contribution in [-0.4, -0.2) is 34.7 Å². The van der Waals surface area contributed by atoms with E-state index in [1.807, 2.05) is 18.2 Å². The molecular weight excluding hydrogens is 411 g/mol. The third kappa shape index (κ3) is 3.92. The Bertz CT molecular complexity index is 1120. The van der Waals surface area contributed by atoms with Crippen molar-refractivity contribution >= 4 is 17.3 Å². The Morgan fingerprint density at radius 1 is 0.968 bits per heavy atom. The number of aromatic nitrogens is 3. The van der Waals surface area contributed by atoms with E-state index in [2.05, 4.69) is 20.3 Å². The van der Waals surface area contributed by atoms with E-state index in [0.717, 1.165) is 29.1 Å². The average Bonchev–Trinajstić information content (AvgIpc) is 2.78. The second-order valence-electron chi connectivity index (χ2n) is 7.20. The summed E-state index contributed by atoms with van der Waals surface area (Å²) in [7, 11) is 0. The lowest BCUT2D eigenvalue weighted by molar-refractivity contribution is -0.137. The lowest BCUT2D eigenvalue weighted by Gasteiger charge is -2.30. The number of hydrogen-bond acceptors (Lipinski definition) is 7. The first kappa shape index (κ1) is 19.4. The third-order valence-corrected chi connectivity index (χ3v) is 5.21. The molecule has 0 bridgehead atoms. The Balaban J connectivity index is 1.38. The highest BCUT2D eigenvalue weighted by Gasteiger charge is 2.32. The summed E-state index contributed by atoms with van der Waals surface area (Å²) in [4.78, 5) is 14.6. The van der Waals surface area contributed by atoms with Gasteiger partial charge in [-0.3, -0.25) is 0 Å². The van der Waals surface area contributed by atoms with Crippen LogP contribution in [0.1, 0.15) is 16.8 Å². The van der Waals surface area contributed by atoms with Crippen LogP contribution >= 0.6 is 0 Å². The highest BCUT2D eigenvalue weighted by atomic mass is 19.4. The number of fused-ring (bicyclic) bond motifs is 2. The SMILES string of the molecule is FC(F)(F)c1ccnc(N2CCc3c(ncnc3Nc3ccc4c(c3)OCCO4)C2)c1. The van der Waals surface area contributed by atoms with Gasteiger partial charge in [-0.2, -0.15) is 13.2 Å². The number of hydrogen-bond donors (Lipinski definition) is 1. The van der Waals surface area contributed by atoms with Crippen molar-refractivity contribution in [3.63, 3.8) is 0 Å². The molecule has 5 rings (SSSR count). The third-order valence-electron chi connectivity index (χ3n) is 5.21. The highest BCUT2D eigenvalue weighted by molar-refractivity contribution is 5.64. The van der Waals surface area contributed by atoms with Crippen molar-refractivity contribution in [1.82, 2.24) is 15.0 Å². The molecule has 3 aromatic rings. The average molecular weight is 429 g/mol. The van der Waals surface area contributed by atoms with Crippen LogP contribution in [0.2, 0.25) is 0 Å². The first-order valence-electron chi connectivity index (χ1n) is 9.75. The topological polar surface area (TPSA) is 72.4 Å². The number of nitrogens with one attached hydrogen (secondary N) is 1. The fourth-order valence-corrected chi connectivity index (χ4v) is 3.68. The van der Waals surface area contributed by atoms with Crippen molar-refractivity contribution in [2.75, 3.05) is 30.0 Å². The van der Waals surface area contributed by atoms with Crippen LogP contribution in [0.4, 0.5) is 30.5 Å². The number of alkyl halides is 3. The molecule has 10 heteroatoms. The molecule has 0 fully saturated rings. The minimum absolute atomic E-state index is 0.278. The number of benzene rings is 1. The molecule has 160 valence electrons. The largest absolute Gasteiger partial charge is 0.486 e. The smallest absolute Gasteiger partial charge is 0.416 e. The van der Waals surface area contributed by atoms with Gasteiger partial charge in [-0.15, -0.1) is 0 Å². The van der Waals surface area contributed by atoms with Crippen molar-refractivity contribution < 1.29 is 22.6 Å². The molecule has 7 nitrogen and oxygen atoms in total. The van der Waals surface area contributed by atoms with Crippen molar-refractivity contribution in [3.8, 4) is 11.5 Å². The molecule has 31 heavy (non-hydrogen) atoms. The summed E-state index contributed by atoms with van der Waals surface area (Å²) in [5, 5.41) is 3.30. The highest BCUT2D eigenvalue weighted by Crippen LogP contribution is 2.35. The van der Waals surface area contributed by atoms with Gasteiger partial charge in [0, 0.05) is 30.1 Å². The predicted molar refractivity (Wildman–Crippen MR) is 107 cm³/mol. The fourth-order valence-electron chi connectivity index (χ4n) is 3.68. The van der Waals surface area contributed by atoms with E-state index in [4.69, 9.17) is 9.47 Å². The fraction of sp³-hybridized carbons (Fsp3) is 0.286. The Morgan fingerprint density at radius 2 is 1.81 bits per heavy atom. The number of anilines is 3. The first-order valence-corrected chi connectivity index (χ1v) is 9.75. The van der Waals surface area contributed by atoms with Gasteiger partial charge < -0.3 is 19.7 Å². The van der Waals surface area contributed by atoms with E-state index >= 15 is 0 Å². The van der Waals surface area contributed by atoms with Crippen LogP contribution in [0.5, 0.6) is 11.5 Å². The Hall–Kier alpha value is -3.56. The van der Waals surface area contributed by atoms with Crippen molar-refractivity contribution in [2.24, 2.45) is 0 Å². The van der Waals surface area contributed by atoms with E-state index < -0.39 is 11.7 Å². The van der Waals surface area contributed by atoms with Gasteiger partial charge in [0.2, 0.25) is 0 Å². The molecule has 2 aliphatic rings. The quantitative estimate of drug-likeness (QED) is 0.676. The van der Waals surface area contributed by atoms with Gasteiger partial charge in [-0.1, -0.05) is 0 Å². The van der Waals surface area contributed by atoms with Crippen molar-refractivity contribution in [1.29, 1.82) is 0 Å². The van der Waals surface area contributed by atoms with Gasteiger partial charge in [0.15, 0.2) is 11.5 Å². The van der Waals surface area contributed by atoms with Gasteiger partial charge in [0.05, 0.1) is 17.8 Å². The summed E-state index contributed by atoms with van der Waals surface area (Å²) in [6, 6.07) is 7.61. The van der Waals surface area contributed by atoms with Gasteiger partial charge in [0.1, 0.15) is 31.2 Å². The summed E-state index contributed by atoms with van der Waals surface area (Å²) in [6.07, 6.45) is -1.21. The van der Waals surface area contributed by atoms with Gasteiger partial charge in [0.25, 0.3) is 0 Å². The summed E-state index contributed by atoms with van der Waals surface area (Å²) in [5.74, 6) is 2.31. The van der Waals surface area contributed by atoms with Crippen LogP contribution in [0.3, 0.4) is 0 Å². The Labute approximate surface area is 175 Å².